The molecule has 4 rings (SSSR count). The highest BCUT2D eigenvalue weighted by Gasteiger charge is 2.36. The first-order valence-electron chi connectivity index (χ1n) is 12.0. The molecule has 8 nitrogen and oxygen atoms in total. The first-order valence-corrected chi connectivity index (χ1v) is 13.2. The van der Waals surface area contributed by atoms with Gasteiger partial charge in [0, 0.05) is 5.69 Å². The largest absolute Gasteiger partial charge is 0.489 e. The summed E-state index contributed by atoms with van der Waals surface area (Å²) in [5, 5.41) is 2.20. The van der Waals surface area contributed by atoms with Gasteiger partial charge in [0.05, 0.1) is 22.1 Å². The van der Waals surface area contributed by atoms with E-state index in [4.69, 9.17) is 21.1 Å². The van der Waals surface area contributed by atoms with E-state index in [9.17, 15) is 19.2 Å². The van der Waals surface area contributed by atoms with Crippen molar-refractivity contribution < 1.29 is 28.7 Å². The van der Waals surface area contributed by atoms with Gasteiger partial charge in [0.25, 0.3) is 11.1 Å². The molecule has 0 bridgehead atoms. The Kier molecular flexibility index (Phi) is 9.06. The molecule has 0 aromatic heterocycles. The van der Waals surface area contributed by atoms with Crippen molar-refractivity contribution in [3.63, 3.8) is 0 Å². The number of nitrogens with zero attached hydrogens (tertiary/aromatic N) is 1. The van der Waals surface area contributed by atoms with E-state index in [1.165, 1.54) is 18.2 Å². The number of anilines is 1. The fourth-order valence-electron chi connectivity index (χ4n) is 3.73. The van der Waals surface area contributed by atoms with Crippen molar-refractivity contribution >= 4 is 58.1 Å². The van der Waals surface area contributed by atoms with Crippen LogP contribution in [0.4, 0.5) is 10.5 Å². The predicted molar refractivity (Wildman–Crippen MR) is 151 cm³/mol. The molecule has 0 aliphatic carbocycles. The number of aryl methyl sites for hydroxylation is 1. The molecule has 0 atom stereocenters. The summed E-state index contributed by atoms with van der Waals surface area (Å²) in [7, 11) is 0. The Bertz CT molecular complexity index is 1450. The number of thioether (sulfide) groups is 1. The van der Waals surface area contributed by atoms with E-state index in [0.717, 1.165) is 27.8 Å². The Labute approximate surface area is 234 Å². The predicted octanol–water partition coefficient (Wildman–Crippen LogP) is 6.08. The van der Waals surface area contributed by atoms with Crippen molar-refractivity contribution in [2.45, 2.75) is 20.5 Å². The van der Waals surface area contributed by atoms with E-state index >= 15 is 0 Å². The van der Waals surface area contributed by atoms with Crippen molar-refractivity contribution in [1.82, 2.24) is 4.90 Å². The minimum absolute atomic E-state index is 0.0944. The number of halogens is 1. The van der Waals surface area contributed by atoms with E-state index < -0.39 is 29.6 Å². The molecule has 3 aromatic rings. The summed E-state index contributed by atoms with van der Waals surface area (Å²) in [6, 6.07) is 19.5. The highest BCUT2D eigenvalue weighted by atomic mass is 35.5. The third kappa shape index (κ3) is 7.28. The van der Waals surface area contributed by atoms with Gasteiger partial charge in [0.15, 0.2) is 0 Å². The normalized spacial score (nSPS) is 14.0. The van der Waals surface area contributed by atoms with Gasteiger partial charge in [-0.1, -0.05) is 53.6 Å². The second-order valence-corrected chi connectivity index (χ2v) is 9.98. The van der Waals surface area contributed by atoms with E-state index in [-0.39, 0.29) is 27.8 Å². The molecule has 1 fully saturated rings. The first-order chi connectivity index (χ1) is 18.7. The topological polar surface area (TPSA) is 102 Å². The molecule has 0 spiro atoms. The lowest BCUT2D eigenvalue weighted by Gasteiger charge is -2.13. The minimum atomic E-state index is -0.624. The SMILES string of the molecule is CCOC(=O)c1cc(NC(=O)CN2C(=O)S/C(=C/c3ccc(OCc4cccc(C)c4)cc3)C2=O)ccc1Cl. The summed E-state index contributed by atoms with van der Waals surface area (Å²) in [4.78, 5) is 51.0. The summed E-state index contributed by atoms with van der Waals surface area (Å²) in [5.74, 6) is -1.12. The third-order valence-corrected chi connectivity index (χ3v) is 6.82. The van der Waals surface area contributed by atoms with Gasteiger partial charge in [-0.2, -0.15) is 0 Å². The average Bonchev–Trinajstić information content (AvgIpc) is 3.16. The third-order valence-electron chi connectivity index (χ3n) is 5.59. The molecule has 1 N–H and O–H groups in total. The van der Waals surface area contributed by atoms with Gasteiger partial charge >= 0.3 is 5.97 Å². The summed E-state index contributed by atoms with van der Waals surface area (Å²) in [5.41, 5.74) is 3.30. The van der Waals surface area contributed by atoms with Gasteiger partial charge in [0.1, 0.15) is 18.9 Å². The lowest BCUT2D eigenvalue weighted by molar-refractivity contribution is -0.127. The zero-order valence-electron chi connectivity index (χ0n) is 21.2. The number of ether oxygens (including phenoxy) is 2. The van der Waals surface area contributed by atoms with Crippen molar-refractivity contribution in [3.8, 4) is 5.75 Å². The van der Waals surface area contributed by atoms with Crippen molar-refractivity contribution in [2.24, 2.45) is 0 Å². The number of amides is 3. The van der Waals surface area contributed by atoms with Gasteiger partial charge in [0.2, 0.25) is 5.91 Å². The van der Waals surface area contributed by atoms with Crippen LogP contribution in [0.25, 0.3) is 6.08 Å². The lowest BCUT2D eigenvalue weighted by Crippen LogP contribution is -2.36. The second kappa shape index (κ2) is 12.6. The molecule has 200 valence electrons. The minimum Gasteiger partial charge on any atom is -0.489 e. The quantitative estimate of drug-likeness (QED) is 0.248. The number of benzene rings is 3. The van der Waals surface area contributed by atoms with Gasteiger partial charge in [-0.05, 0) is 73.1 Å². The maximum absolute atomic E-state index is 12.9. The first kappa shape index (κ1) is 27.9. The number of hydrogen-bond donors (Lipinski definition) is 1. The molecular weight excluding hydrogens is 540 g/mol. The number of carbonyl (C=O) groups is 4. The van der Waals surface area contributed by atoms with Crippen LogP contribution in [0.15, 0.2) is 71.6 Å². The molecule has 3 amide bonds. The molecule has 39 heavy (non-hydrogen) atoms. The van der Waals surface area contributed by atoms with Crippen LogP contribution in [0, 0.1) is 6.92 Å². The van der Waals surface area contributed by atoms with Crippen molar-refractivity contribution in [3.05, 3.63) is 98.9 Å². The van der Waals surface area contributed by atoms with E-state index in [2.05, 4.69) is 11.4 Å². The van der Waals surface area contributed by atoms with Gasteiger partial charge in [-0.3, -0.25) is 19.3 Å². The fourth-order valence-corrected chi connectivity index (χ4v) is 4.76. The molecule has 1 aliphatic rings. The molecule has 10 heteroatoms. The molecular formula is C29H25ClN2O6S. The van der Waals surface area contributed by atoms with Crippen LogP contribution in [0.2, 0.25) is 5.02 Å². The smallest absolute Gasteiger partial charge is 0.339 e. The van der Waals surface area contributed by atoms with Gasteiger partial charge in [-0.15, -0.1) is 0 Å². The Balaban J connectivity index is 1.36. The van der Waals surface area contributed by atoms with Gasteiger partial charge < -0.3 is 14.8 Å². The molecule has 1 heterocycles. The van der Waals surface area contributed by atoms with Crippen LogP contribution in [-0.2, 0) is 20.9 Å². The number of imide groups is 1. The molecule has 1 saturated heterocycles. The average molecular weight is 565 g/mol. The van der Waals surface area contributed by atoms with Crippen LogP contribution < -0.4 is 10.1 Å². The Morgan fingerprint density at radius 1 is 1.05 bits per heavy atom. The summed E-state index contributed by atoms with van der Waals surface area (Å²) < 4.78 is 10.8. The fraction of sp³-hybridized carbons (Fsp3) is 0.172. The van der Waals surface area contributed by atoms with Gasteiger partial charge in [-0.25, -0.2) is 4.79 Å². The maximum Gasteiger partial charge on any atom is 0.339 e. The Morgan fingerprint density at radius 2 is 1.82 bits per heavy atom. The van der Waals surface area contributed by atoms with E-state index in [1.807, 2.05) is 25.1 Å². The zero-order chi connectivity index (χ0) is 27.9. The summed E-state index contributed by atoms with van der Waals surface area (Å²) >= 11 is 6.81. The van der Waals surface area contributed by atoms with Crippen LogP contribution >= 0.6 is 23.4 Å². The molecule has 3 aromatic carbocycles. The lowest BCUT2D eigenvalue weighted by atomic mass is 10.1. The second-order valence-electron chi connectivity index (χ2n) is 8.58. The Morgan fingerprint density at radius 3 is 2.54 bits per heavy atom. The number of rotatable bonds is 9. The van der Waals surface area contributed by atoms with Crippen LogP contribution in [0.3, 0.4) is 0 Å². The maximum atomic E-state index is 12.9. The van der Waals surface area contributed by atoms with Crippen molar-refractivity contribution in [2.75, 3.05) is 18.5 Å². The van der Waals surface area contributed by atoms with Crippen LogP contribution in [0.5, 0.6) is 5.75 Å². The van der Waals surface area contributed by atoms with E-state index in [0.29, 0.717) is 17.9 Å². The zero-order valence-corrected chi connectivity index (χ0v) is 22.8. The van der Waals surface area contributed by atoms with E-state index in [1.54, 1.807) is 37.3 Å². The Hall–Kier alpha value is -4.08. The summed E-state index contributed by atoms with van der Waals surface area (Å²) in [6.45, 7) is 3.81. The standard InChI is InChI=1S/C29H25ClN2O6S/c1-3-37-28(35)23-15-21(9-12-24(23)30)31-26(33)16-32-27(34)25(39-29(32)36)14-19-7-10-22(11-8-19)38-17-20-6-4-5-18(2)13-20/h4-15H,3,16-17H2,1-2H3,(H,31,33)/b25-14+. The molecule has 0 saturated carbocycles. The number of nitrogens with one attached hydrogen (secondary N) is 1. The molecule has 0 unspecified atom stereocenters. The van der Waals surface area contributed by atoms with Crippen molar-refractivity contribution in [1.29, 1.82) is 0 Å². The van der Waals surface area contributed by atoms with Crippen LogP contribution in [0.1, 0.15) is 34.0 Å². The van der Waals surface area contributed by atoms with Crippen LogP contribution in [-0.4, -0.2) is 41.1 Å². The highest BCUT2D eigenvalue weighted by molar-refractivity contribution is 8.18. The number of esters is 1. The molecule has 0 radical (unpaired) electrons. The monoisotopic (exact) mass is 564 g/mol. The molecule has 1 aliphatic heterocycles. The highest BCUT2D eigenvalue weighted by Crippen LogP contribution is 2.32. The number of carbonyl (C=O) groups excluding carboxylic acids is 4. The number of hydrogen-bond acceptors (Lipinski definition) is 7. The summed E-state index contributed by atoms with van der Waals surface area (Å²) in [6.07, 6.45) is 1.60.